The largest absolute Gasteiger partial charge is 0.454 e. The first kappa shape index (κ1) is 13.6. The van der Waals surface area contributed by atoms with Crippen molar-refractivity contribution >= 4 is 0 Å². The Morgan fingerprint density at radius 2 is 1.84 bits per heavy atom. The van der Waals surface area contributed by atoms with Gasteiger partial charge in [0.15, 0.2) is 11.6 Å². The van der Waals surface area contributed by atoms with Crippen LogP contribution in [-0.4, -0.2) is 6.54 Å². The van der Waals surface area contributed by atoms with Crippen LogP contribution < -0.4 is 10.1 Å². The summed E-state index contributed by atoms with van der Waals surface area (Å²) in [5.41, 5.74) is 2.06. The van der Waals surface area contributed by atoms with E-state index < -0.39 is 0 Å². The molecule has 0 aromatic heterocycles. The zero-order valence-corrected chi connectivity index (χ0v) is 11.2. The number of ether oxygens (including phenoxy) is 1. The second-order valence-corrected chi connectivity index (χ2v) is 4.46. The molecule has 0 amide bonds. The average molecular weight is 259 g/mol. The van der Waals surface area contributed by atoms with E-state index in [9.17, 15) is 4.39 Å². The van der Waals surface area contributed by atoms with Gasteiger partial charge in [0.05, 0.1) is 0 Å². The van der Waals surface area contributed by atoms with E-state index in [1.165, 1.54) is 6.07 Å². The molecule has 1 N–H and O–H groups in total. The van der Waals surface area contributed by atoms with Gasteiger partial charge in [0.1, 0.15) is 5.75 Å². The van der Waals surface area contributed by atoms with E-state index in [2.05, 4.69) is 5.32 Å². The Kier molecular flexibility index (Phi) is 4.53. The third-order valence-electron chi connectivity index (χ3n) is 2.82. The van der Waals surface area contributed by atoms with Gasteiger partial charge in [0.25, 0.3) is 0 Å². The van der Waals surface area contributed by atoms with E-state index in [0.717, 1.165) is 17.7 Å². The molecule has 0 aliphatic rings. The van der Waals surface area contributed by atoms with Crippen molar-refractivity contribution in [3.05, 3.63) is 59.4 Å². The van der Waals surface area contributed by atoms with Crippen molar-refractivity contribution in [2.45, 2.75) is 20.4 Å². The Labute approximate surface area is 113 Å². The summed E-state index contributed by atoms with van der Waals surface area (Å²) in [6, 6.07) is 12.6. The van der Waals surface area contributed by atoms with Gasteiger partial charge < -0.3 is 10.1 Å². The van der Waals surface area contributed by atoms with Crippen molar-refractivity contribution in [2.24, 2.45) is 0 Å². The zero-order valence-electron chi connectivity index (χ0n) is 11.2. The first-order valence-electron chi connectivity index (χ1n) is 6.42. The van der Waals surface area contributed by atoms with Gasteiger partial charge in [0, 0.05) is 6.54 Å². The smallest absolute Gasteiger partial charge is 0.166 e. The van der Waals surface area contributed by atoms with Crippen molar-refractivity contribution in [3.63, 3.8) is 0 Å². The normalized spacial score (nSPS) is 10.5. The van der Waals surface area contributed by atoms with Gasteiger partial charge in [-0.3, -0.25) is 0 Å². The lowest BCUT2D eigenvalue weighted by Gasteiger charge is -2.09. The molecule has 0 fully saturated rings. The van der Waals surface area contributed by atoms with Crippen LogP contribution in [0.15, 0.2) is 42.5 Å². The standard InChI is InChI=1S/C16H18FNO/c1-3-18-11-13-6-9-16(15(17)10-13)19-14-7-4-12(2)5-8-14/h4-10,18H,3,11H2,1-2H3. The molecule has 0 atom stereocenters. The highest BCUT2D eigenvalue weighted by atomic mass is 19.1. The fraction of sp³-hybridized carbons (Fsp3) is 0.250. The molecule has 2 nitrogen and oxygen atoms in total. The summed E-state index contributed by atoms with van der Waals surface area (Å²) in [4.78, 5) is 0. The van der Waals surface area contributed by atoms with E-state index in [-0.39, 0.29) is 11.6 Å². The third kappa shape index (κ3) is 3.80. The van der Waals surface area contributed by atoms with Crippen molar-refractivity contribution in [1.82, 2.24) is 5.32 Å². The highest BCUT2D eigenvalue weighted by Gasteiger charge is 2.06. The number of rotatable bonds is 5. The van der Waals surface area contributed by atoms with Gasteiger partial charge in [-0.1, -0.05) is 30.7 Å². The van der Waals surface area contributed by atoms with Crippen LogP contribution in [0.5, 0.6) is 11.5 Å². The van der Waals surface area contributed by atoms with Gasteiger partial charge in [-0.2, -0.15) is 0 Å². The summed E-state index contributed by atoms with van der Waals surface area (Å²) in [6.07, 6.45) is 0. The van der Waals surface area contributed by atoms with E-state index in [0.29, 0.717) is 12.3 Å². The maximum absolute atomic E-state index is 13.9. The fourth-order valence-electron chi connectivity index (χ4n) is 1.74. The summed E-state index contributed by atoms with van der Waals surface area (Å²) >= 11 is 0. The van der Waals surface area contributed by atoms with Gasteiger partial charge >= 0.3 is 0 Å². The lowest BCUT2D eigenvalue weighted by atomic mass is 10.2. The van der Waals surface area contributed by atoms with Crippen LogP contribution in [0.1, 0.15) is 18.1 Å². The summed E-state index contributed by atoms with van der Waals surface area (Å²) in [5.74, 6) is 0.559. The van der Waals surface area contributed by atoms with E-state index in [1.54, 1.807) is 6.07 Å². The van der Waals surface area contributed by atoms with E-state index in [4.69, 9.17) is 4.74 Å². The van der Waals surface area contributed by atoms with Crippen molar-refractivity contribution in [3.8, 4) is 11.5 Å². The van der Waals surface area contributed by atoms with Crippen LogP contribution in [0.3, 0.4) is 0 Å². The van der Waals surface area contributed by atoms with Gasteiger partial charge in [0.2, 0.25) is 0 Å². The van der Waals surface area contributed by atoms with E-state index in [1.807, 2.05) is 44.2 Å². The zero-order chi connectivity index (χ0) is 13.7. The maximum atomic E-state index is 13.9. The Morgan fingerprint density at radius 3 is 2.47 bits per heavy atom. The molecule has 2 rings (SSSR count). The van der Waals surface area contributed by atoms with Crippen LogP contribution in [0.4, 0.5) is 4.39 Å². The Hall–Kier alpha value is -1.87. The minimum Gasteiger partial charge on any atom is -0.454 e. The van der Waals surface area contributed by atoms with Crippen LogP contribution in [0, 0.1) is 12.7 Å². The monoisotopic (exact) mass is 259 g/mol. The highest BCUT2D eigenvalue weighted by molar-refractivity contribution is 5.35. The molecular formula is C16H18FNO. The minimum atomic E-state index is -0.337. The lowest BCUT2D eigenvalue weighted by molar-refractivity contribution is 0.441. The lowest BCUT2D eigenvalue weighted by Crippen LogP contribution is -2.11. The summed E-state index contributed by atoms with van der Waals surface area (Å²) < 4.78 is 19.4. The molecule has 0 aliphatic carbocycles. The Morgan fingerprint density at radius 1 is 1.11 bits per heavy atom. The first-order chi connectivity index (χ1) is 9.19. The van der Waals surface area contributed by atoms with Gasteiger partial charge in [-0.05, 0) is 43.3 Å². The SMILES string of the molecule is CCNCc1ccc(Oc2ccc(C)cc2)c(F)c1. The Bertz CT molecular complexity index is 537. The Balaban J connectivity index is 2.10. The molecule has 0 radical (unpaired) electrons. The molecule has 0 unspecified atom stereocenters. The number of nitrogens with one attached hydrogen (secondary N) is 1. The number of aryl methyl sites for hydroxylation is 1. The van der Waals surface area contributed by atoms with Gasteiger partial charge in [-0.15, -0.1) is 0 Å². The second kappa shape index (κ2) is 6.34. The molecule has 2 aromatic rings. The summed E-state index contributed by atoms with van der Waals surface area (Å²) in [6.45, 7) is 5.55. The van der Waals surface area contributed by atoms with Crippen LogP contribution in [-0.2, 0) is 6.54 Å². The number of halogens is 1. The topological polar surface area (TPSA) is 21.3 Å². The van der Waals surface area contributed by atoms with Crippen molar-refractivity contribution in [1.29, 1.82) is 0 Å². The van der Waals surface area contributed by atoms with Crippen LogP contribution in [0.25, 0.3) is 0 Å². The predicted molar refractivity (Wildman–Crippen MR) is 75.0 cm³/mol. The molecule has 19 heavy (non-hydrogen) atoms. The number of hydrogen-bond acceptors (Lipinski definition) is 2. The second-order valence-electron chi connectivity index (χ2n) is 4.46. The predicted octanol–water partition coefficient (Wildman–Crippen LogP) is 4.04. The molecule has 0 aliphatic heterocycles. The highest BCUT2D eigenvalue weighted by Crippen LogP contribution is 2.25. The average Bonchev–Trinajstić information content (AvgIpc) is 2.41. The van der Waals surface area contributed by atoms with E-state index >= 15 is 0 Å². The first-order valence-corrected chi connectivity index (χ1v) is 6.42. The summed E-state index contributed by atoms with van der Waals surface area (Å²) in [5, 5.41) is 3.16. The minimum absolute atomic E-state index is 0.254. The molecule has 2 aromatic carbocycles. The molecule has 0 saturated heterocycles. The molecule has 0 saturated carbocycles. The quantitative estimate of drug-likeness (QED) is 0.875. The fourth-order valence-corrected chi connectivity index (χ4v) is 1.74. The molecule has 3 heteroatoms. The summed E-state index contributed by atoms with van der Waals surface area (Å²) in [7, 11) is 0. The maximum Gasteiger partial charge on any atom is 0.166 e. The number of hydrogen-bond donors (Lipinski definition) is 1. The molecule has 0 bridgehead atoms. The van der Waals surface area contributed by atoms with Gasteiger partial charge in [-0.25, -0.2) is 4.39 Å². The number of benzene rings is 2. The van der Waals surface area contributed by atoms with Crippen LogP contribution >= 0.6 is 0 Å². The molecule has 0 spiro atoms. The molecule has 0 heterocycles. The molecular weight excluding hydrogens is 241 g/mol. The van der Waals surface area contributed by atoms with Crippen LogP contribution in [0.2, 0.25) is 0 Å². The van der Waals surface area contributed by atoms with Crippen molar-refractivity contribution < 1.29 is 9.13 Å². The third-order valence-corrected chi connectivity index (χ3v) is 2.82. The molecule has 100 valence electrons. The van der Waals surface area contributed by atoms with Crippen molar-refractivity contribution in [2.75, 3.05) is 6.54 Å².